The molecule has 0 spiro atoms. The molecule has 0 bridgehead atoms. The smallest absolute Gasteiger partial charge is 0.243 e. The second kappa shape index (κ2) is 12.0. The van der Waals surface area contributed by atoms with E-state index in [-0.39, 0.29) is 29.4 Å². The summed E-state index contributed by atoms with van der Waals surface area (Å²) in [5, 5.41) is 3.17. The van der Waals surface area contributed by atoms with E-state index < -0.39 is 6.04 Å². The molecule has 0 saturated heterocycles. The lowest BCUT2D eigenvalue weighted by Gasteiger charge is -2.31. The maximum atomic E-state index is 13.3. The van der Waals surface area contributed by atoms with Crippen LogP contribution < -0.4 is 5.32 Å². The predicted octanol–water partition coefficient (Wildman–Crippen LogP) is 5.23. The molecule has 2 aromatic rings. The molecule has 1 fully saturated rings. The van der Waals surface area contributed by atoms with Crippen molar-refractivity contribution in [1.29, 1.82) is 0 Å². The third-order valence-electron chi connectivity index (χ3n) is 5.97. The van der Waals surface area contributed by atoms with Crippen molar-refractivity contribution < 1.29 is 14.0 Å². The van der Waals surface area contributed by atoms with E-state index >= 15 is 0 Å². The van der Waals surface area contributed by atoms with Crippen molar-refractivity contribution in [3.63, 3.8) is 0 Å². The van der Waals surface area contributed by atoms with Crippen LogP contribution in [0.4, 0.5) is 4.39 Å². The van der Waals surface area contributed by atoms with E-state index in [0.717, 1.165) is 42.4 Å². The van der Waals surface area contributed by atoms with E-state index in [4.69, 9.17) is 0 Å². The van der Waals surface area contributed by atoms with Crippen LogP contribution in [-0.2, 0) is 21.9 Å². The summed E-state index contributed by atoms with van der Waals surface area (Å²) in [4.78, 5) is 28.1. The van der Waals surface area contributed by atoms with E-state index in [1.54, 1.807) is 17.0 Å². The number of aryl methyl sites for hydroxylation is 1. The monoisotopic (exact) mass is 456 g/mol. The first-order valence-corrected chi connectivity index (χ1v) is 12.6. The summed E-state index contributed by atoms with van der Waals surface area (Å²) in [5.41, 5.74) is 3.15. The van der Waals surface area contributed by atoms with Crippen molar-refractivity contribution in [3.05, 3.63) is 71.0 Å². The Bertz CT molecular complexity index is 880. The predicted molar refractivity (Wildman–Crippen MR) is 129 cm³/mol. The van der Waals surface area contributed by atoms with Crippen molar-refractivity contribution in [2.24, 2.45) is 0 Å². The van der Waals surface area contributed by atoms with Gasteiger partial charge in [0.25, 0.3) is 0 Å². The minimum absolute atomic E-state index is 0.0499. The van der Waals surface area contributed by atoms with Gasteiger partial charge in [-0.15, -0.1) is 11.8 Å². The lowest BCUT2D eigenvalue weighted by Crippen LogP contribution is -2.51. The van der Waals surface area contributed by atoms with Gasteiger partial charge < -0.3 is 10.2 Å². The molecule has 2 aromatic carbocycles. The summed E-state index contributed by atoms with van der Waals surface area (Å²) in [7, 11) is 0. The number of thioether (sulfide) groups is 1. The van der Waals surface area contributed by atoms with E-state index in [1.165, 1.54) is 23.9 Å². The molecule has 0 aromatic heterocycles. The zero-order chi connectivity index (χ0) is 22.9. The minimum Gasteiger partial charge on any atom is -0.352 e. The minimum atomic E-state index is -0.490. The molecule has 32 heavy (non-hydrogen) atoms. The van der Waals surface area contributed by atoms with Crippen LogP contribution in [0, 0.1) is 12.7 Å². The summed E-state index contributed by atoms with van der Waals surface area (Å²) in [6, 6.07) is 14.2. The van der Waals surface area contributed by atoms with Crippen LogP contribution in [0.2, 0.25) is 0 Å². The van der Waals surface area contributed by atoms with Crippen molar-refractivity contribution in [2.75, 3.05) is 5.75 Å². The van der Waals surface area contributed by atoms with Crippen LogP contribution >= 0.6 is 11.8 Å². The Balaban J connectivity index is 1.68. The molecule has 1 aliphatic carbocycles. The Hall–Kier alpha value is -2.34. The molecule has 6 heteroatoms. The normalized spacial score (nSPS) is 14.8. The van der Waals surface area contributed by atoms with Crippen molar-refractivity contribution in [2.45, 2.75) is 70.3 Å². The van der Waals surface area contributed by atoms with Crippen LogP contribution in [0.3, 0.4) is 0 Å². The van der Waals surface area contributed by atoms with Gasteiger partial charge in [0.1, 0.15) is 11.9 Å². The Morgan fingerprint density at radius 2 is 1.69 bits per heavy atom. The maximum absolute atomic E-state index is 13.3. The Morgan fingerprint density at radius 1 is 1.06 bits per heavy atom. The largest absolute Gasteiger partial charge is 0.352 e. The molecular formula is C26H33FN2O2S. The van der Waals surface area contributed by atoms with Gasteiger partial charge in [-0.1, -0.05) is 61.7 Å². The van der Waals surface area contributed by atoms with E-state index in [1.807, 2.05) is 38.1 Å². The lowest BCUT2D eigenvalue weighted by atomic mass is 10.1. The lowest BCUT2D eigenvalue weighted by molar-refractivity contribution is -0.139. The molecule has 1 unspecified atom stereocenters. The molecule has 0 heterocycles. The van der Waals surface area contributed by atoms with Crippen molar-refractivity contribution in [3.8, 4) is 0 Å². The average molecular weight is 457 g/mol. The fourth-order valence-electron chi connectivity index (χ4n) is 4.10. The number of nitrogens with one attached hydrogen (secondary N) is 1. The molecule has 1 atom stereocenters. The Labute approximate surface area is 195 Å². The van der Waals surface area contributed by atoms with Gasteiger partial charge in [-0.3, -0.25) is 9.59 Å². The third-order valence-corrected chi connectivity index (χ3v) is 6.96. The van der Waals surface area contributed by atoms with Gasteiger partial charge in [-0.05, 0) is 49.4 Å². The zero-order valence-corrected chi connectivity index (χ0v) is 19.8. The summed E-state index contributed by atoms with van der Waals surface area (Å²) in [5.74, 6) is 0.527. The number of amides is 2. The second-order valence-electron chi connectivity index (χ2n) is 8.54. The summed E-state index contributed by atoms with van der Waals surface area (Å²) < 4.78 is 13.1. The standard InChI is InChI=1S/C26H33FN2O2S/c1-3-24(26(31)28-23-6-4-5-7-23)29(16-20-10-8-19(2)9-11-20)25(30)18-32-17-21-12-14-22(27)15-13-21/h8-15,23-24H,3-7,16-18H2,1-2H3,(H,28,31). The topological polar surface area (TPSA) is 49.4 Å². The van der Waals surface area contributed by atoms with E-state index in [2.05, 4.69) is 5.32 Å². The number of carbonyl (C=O) groups is 2. The van der Waals surface area contributed by atoms with Crippen molar-refractivity contribution in [1.82, 2.24) is 10.2 Å². The van der Waals surface area contributed by atoms with Gasteiger partial charge in [0.05, 0.1) is 5.75 Å². The van der Waals surface area contributed by atoms with Gasteiger partial charge >= 0.3 is 0 Å². The number of carbonyl (C=O) groups excluding carboxylic acids is 2. The summed E-state index contributed by atoms with van der Waals surface area (Å²) >= 11 is 1.49. The fraction of sp³-hybridized carbons (Fsp3) is 0.462. The zero-order valence-electron chi connectivity index (χ0n) is 19.0. The van der Waals surface area contributed by atoms with Gasteiger partial charge in [-0.25, -0.2) is 4.39 Å². The molecule has 1 N–H and O–H groups in total. The molecule has 172 valence electrons. The van der Waals surface area contributed by atoms with Gasteiger partial charge in [0.15, 0.2) is 0 Å². The van der Waals surface area contributed by atoms with Crippen LogP contribution in [0.1, 0.15) is 55.7 Å². The molecule has 0 aliphatic heterocycles. The fourth-order valence-corrected chi connectivity index (χ4v) is 4.97. The number of hydrogen-bond acceptors (Lipinski definition) is 3. The number of benzene rings is 2. The molecule has 1 saturated carbocycles. The van der Waals surface area contributed by atoms with Crippen LogP contribution in [-0.4, -0.2) is 34.6 Å². The number of nitrogens with zero attached hydrogens (tertiary/aromatic N) is 1. The van der Waals surface area contributed by atoms with Crippen LogP contribution in [0.5, 0.6) is 0 Å². The first-order chi connectivity index (χ1) is 15.5. The molecule has 2 amide bonds. The van der Waals surface area contributed by atoms with E-state index in [0.29, 0.717) is 18.7 Å². The second-order valence-corrected chi connectivity index (χ2v) is 9.53. The van der Waals surface area contributed by atoms with Crippen LogP contribution in [0.25, 0.3) is 0 Å². The van der Waals surface area contributed by atoms with E-state index in [9.17, 15) is 14.0 Å². The van der Waals surface area contributed by atoms with Crippen molar-refractivity contribution >= 4 is 23.6 Å². The first-order valence-electron chi connectivity index (χ1n) is 11.4. The van der Waals surface area contributed by atoms with Gasteiger partial charge in [0, 0.05) is 18.3 Å². The Morgan fingerprint density at radius 3 is 2.31 bits per heavy atom. The maximum Gasteiger partial charge on any atom is 0.243 e. The summed E-state index contributed by atoms with van der Waals surface area (Å²) in [6.45, 7) is 4.40. The highest BCUT2D eigenvalue weighted by Gasteiger charge is 2.30. The van der Waals surface area contributed by atoms with Crippen LogP contribution in [0.15, 0.2) is 48.5 Å². The molecule has 3 rings (SSSR count). The number of hydrogen-bond donors (Lipinski definition) is 1. The number of rotatable bonds is 10. The Kier molecular flexibility index (Phi) is 9.15. The highest BCUT2D eigenvalue weighted by molar-refractivity contribution is 7.99. The molecular weight excluding hydrogens is 423 g/mol. The van der Waals surface area contributed by atoms with Gasteiger partial charge in [-0.2, -0.15) is 0 Å². The quantitative estimate of drug-likeness (QED) is 0.532. The first kappa shape index (κ1) is 24.3. The number of halogens is 1. The molecule has 1 aliphatic rings. The van der Waals surface area contributed by atoms with Gasteiger partial charge in [0.2, 0.25) is 11.8 Å². The highest BCUT2D eigenvalue weighted by atomic mass is 32.2. The molecule has 4 nitrogen and oxygen atoms in total. The SMILES string of the molecule is CCC(C(=O)NC1CCCC1)N(Cc1ccc(C)cc1)C(=O)CSCc1ccc(F)cc1. The molecule has 0 radical (unpaired) electrons. The highest BCUT2D eigenvalue weighted by Crippen LogP contribution is 2.21. The third kappa shape index (κ3) is 7.09. The summed E-state index contributed by atoms with van der Waals surface area (Å²) in [6.07, 6.45) is 4.89. The average Bonchev–Trinajstić information content (AvgIpc) is 3.29.